The number of aryl methyl sites for hydroxylation is 1. The lowest BCUT2D eigenvalue weighted by Crippen LogP contribution is -1.94. The molecule has 0 aliphatic rings. The largest absolute Gasteiger partial charge is 0.255 e. The Balaban J connectivity index is 0.000000186. The molecule has 0 spiro atoms. The molecule has 5 heteroatoms. The molecule has 4 aromatic rings. The van der Waals surface area contributed by atoms with Gasteiger partial charge in [0.25, 0.3) is 0 Å². The van der Waals surface area contributed by atoms with E-state index in [4.69, 9.17) is 0 Å². The number of hydrogen-bond donors (Lipinski definition) is 0. The number of hydrogen-bond acceptors (Lipinski definition) is 3. The molecule has 0 aliphatic heterocycles. The average molecular weight is 510 g/mol. The van der Waals surface area contributed by atoms with Crippen LogP contribution in [0, 0.1) is 6.92 Å². The van der Waals surface area contributed by atoms with Crippen molar-refractivity contribution < 1.29 is 4.21 Å². The molecule has 0 aliphatic carbocycles. The summed E-state index contributed by atoms with van der Waals surface area (Å²) in [6.07, 6.45) is 6.20. The van der Waals surface area contributed by atoms with Crippen LogP contribution in [0.25, 0.3) is 0 Å². The SMILES string of the molecule is CS(=O)c1ccc(Sc2ccccc2)cc1.Cc1ccc(Sc2ccc([S+](C)C)cc2)cc1. The van der Waals surface area contributed by atoms with Crippen LogP contribution < -0.4 is 0 Å². The first kappa shape index (κ1) is 25.7. The van der Waals surface area contributed by atoms with Crippen molar-refractivity contribution in [1.82, 2.24) is 0 Å². The third kappa shape index (κ3) is 8.74. The number of rotatable bonds is 6. The quantitative estimate of drug-likeness (QED) is 0.245. The van der Waals surface area contributed by atoms with Gasteiger partial charge in [-0.2, -0.15) is 0 Å². The van der Waals surface area contributed by atoms with E-state index < -0.39 is 10.8 Å². The predicted octanol–water partition coefficient (Wildman–Crippen LogP) is 7.96. The van der Waals surface area contributed by atoms with Crippen molar-refractivity contribution in [2.45, 2.75) is 36.3 Å². The molecule has 1 atom stereocenters. The van der Waals surface area contributed by atoms with E-state index in [2.05, 4.69) is 80.1 Å². The molecule has 0 amide bonds. The minimum Gasteiger partial charge on any atom is -0.255 e. The van der Waals surface area contributed by atoms with Gasteiger partial charge in [-0.1, -0.05) is 59.4 Å². The van der Waals surface area contributed by atoms with Gasteiger partial charge in [0.15, 0.2) is 4.90 Å². The Hall–Kier alpha value is -1.92. The second-order valence-corrected chi connectivity index (χ2v) is 13.3. The fourth-order valence-corrected chi connectivity index (χ4v) is 5.70. The standard InChI is InChI=1S/C15H17S2.C13H12OS2/c1-12-4-6-13(7-5-12)16-14-8-10-15(11-9-14)17(2)3;1-16(14)13-9-7-12(8-10-13)15-11-5-3-2-4-6-11/h4-11H,1-3H3;2-10H,1H3/q+1;. The summed E-state index contributed by atoms with van der Waals surface area (Å²) in [5, 5.41) is 0. The Morgan fingerprint density at radius 1 is 0.606 bits per heavy atom. The molecular formula is C28H29OS4+. The lowest BCUT2D eigenvalue weighted by atomic mass is 10.2. The highest BCUT2D eigenvalue weighted by Gasteiger charge is 2.07. The second kappa shape index (κ2) is 13.1. The van der Waals surface area contributed by atoms with Crippen LogP contribution in [0.3, 0.4) is 0 Å². The minimum absolute atomic E-state index is 0.354. The zero-order chi connectivity index (χ0) is 23.6. The van der Waals surface area contributed by atoms with Gasteiger partial charge in [0.2, 0.25) is 0 Å². The van der Waals surface area contributed by atoms with Gasteiger partial charge in [-0.05, 0) is 79.7 Å². The maximum absolute atomic E-state index is 11.2. The molecule has 0 saturated carbocycles. The highest BCUT2D eigenvalue weighted by molar-refractivity contribution is 7.99. The summed E-state index contributed by atoms with van der Waals surface area (Å²) in [5.41, 5.74) is 1.31. The van der Waals surface area contributed by atoms with Crippen LogP contribution in [0.4, 0.5) is 0 Å². The molecule has 0 heterocycles. The highest BCUT2D eigenvalue weighted by Crippen LogP contribution is 2.29. The van der Waals surface area contributed by atoms with E-state index in [1.807, 2.05) is 54.2 Å². The van der Waals surface area contributed by atoms with Crippen molar-refractivity contribution in [2.75, 3.05) is 18.8 Å². The Kier molecular flexibility index (Phi) is 10.2. The smallest absolute Gasteiger partial charge is 0.154 e. The molecule has 0 aromatic heterocycles. The molecular weight excluding hydrogens is 481 g/mol. The zero-order valence-electron chi connectivity index (χ0n) is 19.4. The molecule has 0 fully saturated rings. The zero-order valence-corrected chi connectivity index (χ0v) is 22.6. The molecule has 0 N–H and O–H groups in total. The van der Waals surface area contributed by atoms with Gasteiger partial charge in [0.05, 0.1) is 0 Å². The Labute approximate surface area is 212 Å². The summed E-state index contributed by atoms with van der Waals surface area (Å²) in [6, 6.07) is 35.6. The lowest BCUT2D eigenvalue weighted by Gasteiger charge is -2.03. The Morgan fingerprint density at radius 2 is 1.03 bits per heavy atom. The fourth-order valence-electron chi connectivity index (χ4n) is 2.85. The van der Waals surface area contributed by atoms with E-state index in [-0.39, 0.29) is 0 Å². The molecule has 1 nitrogen and oxygen atoms in total. The van der Waals surface area contributed by atoms with E-state index in [1.165, 1.54) is 30.0 Å². The minimum atomic E-state index is -0.893. The molecule has 0 radical (unpaired) electrons. The first-order chi connectivity index (χ1) is 15.9. The van der Waals surface area contributed by atoms with Gasteiger partial charge in [-0.3, -0.25) is 4.21 Å². The van der Waals surface area contributed by atoms with Gasteiger partial charge in [-0.15, -0.1) is 0 Å². The third-order valence-electron chi connectivity index (χ3n) is 4.69. The molecule has 0 saturated heterocycles. The van der Waals surface area contributed by atoms with Crippen molar-refractivity contribution in [1.29, 1.82) is 0 Å². The van der Waals surface area contributed by atoms with Gasteiger partial charge < -0.3 is 0 Å². The van der Waals surface area contributed by atoms with Gasteiger partial charge >= 0.3 is 0 Å². The maximum atomic E-state index is 11.2. The van der Waals surface area contributed by atoms with E-state index in [0.29, 0.717) is 10.9 Å². The Bertz CT molecular complexity index is 1140. The Morgan fingerprint density at radius 3 is 1.48 bits per heavy atom. The van der Waals surface area contributed by atoms with E-state index in [9.17, 15) is 4.21 Å². The van der Waals surface area contributed by atoms with E-state index in [1.54, 1.807) is 18.0 Å². The van der Waals surface area contributed by atoms with Crippen LogP contribution in [0.5, 0.6) is 0 Å². The molecule has 1 unspecified atom stereocenters. The monoisotopic (exact) mass is 509 g/mol. The van der Waals surface area contributed by atoms with Crippen molar-refractivity contribution in [2.24, 2.45) is 0 Å². The first-order valence-electron chi connectivity index (χ1n) is 10.5. The topological polar surface area (TPSA) is 17.1 Å². The summed E-state index contributed by atoms with van der Waals surface area (Å²) in [5.74, 6) is 0. The fraction of sp³-hybridized carbons (Fsp3) is 0.143. The van der Waals surface area contributed by atoms with Gasteiger partial charge in [0.1, 0.15) is 12.5 Å². The van der Waals surface area contributed by atoms with Crippen molar-refractivity contribution in [3.8, 4) is 0 Å². The third-order valence-corrected chi connectivity index (χ3v) is 8.87. The van der Waals surface area contributed by atoms with Gasteiger partial charge in [-0.25, -0.2) is 0 Å². The summed E-state index contributed by atoms with van der Waals surface area (Å²) in [6.45, 7) is 2.12. The summed E-state index contributed by atoms with van der Waals surface area (Å²) in [7, 11) is -0.539. The van der Waals surface area contributed by atoms with Crippen molar-refractivity contribution in [3.63, 3.8) is 0 Å². The van der Waals surface area contributed by atoms with Crippen LogP contribution in [0.1, 0.15) is 5.56 Å². The van der Waals surface area contributed by atoms with Crippen LogP contribution in [0.15, 0.2) is 133 Å². The van der Waals surface area contributed by atoms with Gasteiger partial charge in [0, 0.05) is 52.4 Å². The molecule has 4 rings (SSSR count). The number of benzene rings is 4. The van der Waals surface area contributed by atoms with Crippen molar-refractivity contribution >= 4 is 45.2 Å². The predicted molar refractivity (Wildman–Crippen MR) is 149 cm³/mol. The highest BCUT2D eigenvalue weighted by atomic mass is 32.2. The molecule has 170 valence electrons. The average Bonchev–Trinajstić information content (AvgIpc) is 2.82. The molecule has 4 aromatic carbocycles. The molecule has 0 bridgehead atoms. The van der Waals surface area contributed by atoms with Crippen LogP contribution >= 0.6 is 23.5 Å². The van der Waals surface area contributed by atoms with Crippen LogP contribution in [-0.2, 0) is 21.7 Å². The van der Waals surface area contributed by atoms with Crippen LogP contribution in [0.2, 0.25) is 0 Å². The second-order valence-electron chi connectivity index (χ2n) is 7.54. The summed E-state index contributed by atoms with van der Waals surface area (Å²) in [4.78, 5) is 7.29. The lowest BCUT2D eigenvalue weighted by molar-refractivity contribution is 0.686. The maximum Gasteiger partial charge on any atom is 0.154 e. The van der Waals surface area contributed by atoms with E-state index >= 15 is 0 Å². The van der Waals surface area contributed by atoms with Crippen molar-refractivity contribution in [3.05, 3.63) is 109 Å². The summed E-state index contributed by atoms with van der Waals surface area (Å²) < 4.78 is 11.2. The normalized spacial score (nSPS) is 11.5. The summed E-state index contributed by atoms with van der Waals surface area (Å²) >= 11 is 3.53. The molecule has 33 heavy (non-hydrogen) atoms. The van der Waals surface area contributed by atoms with E-state index in [0.717, 1.165) is 4.90 Å². The van der Waals surface area contributed by atoms with Crippen LogP contribution in [-0.4, -0.2) is 23.0 Å². The first-order valence-corrected chi connectivity index (χ1v) is 15.7.